The summed E-state index contributed by atoms with van der Waals surface area (Å²) in [6.07, 6.45) is 6.16. The maximum atomic E-state index is 6.19. The number of methoxy groups -OCH3 is 1. The lowest BCUT2D eigenvalue weighted by Gasteiger charge is -2.39. The van der Waals surface area contributed by atoms with Gasteiger partial charge in [0.15, 0.2) is 0 Å². The predicted octanol–water partition coefficient (Wildman–Crippen LogP) is 6.63. The van der Waals surface area contributed by atoms with Gasteiger partial charge in [0.2, 0.25) is 0 Å². The summed E-state index contributed by atoms with van der Waals surface area (Å²) >= 11 is 0. The number of halogens is 1. The molecule has 0 aromatic heterocycles. The third-order valence-corrected chi connectivity index (χ3v) is 7.03. The monoisotopic (exact) mass is 478 g/mol. The average molecular weight is 479 g/mol. The van der Waals surface area contributed by atoms with Crippen molar-refractivity contribution in [2.45, 2.75) is 44.8 Å². The van der Waals surface area contributed by atoms with Crippen LogP contribution in [-0.4, -0.2) is 37.7 Å². The van der Waals surface area contributed by atoms with Crippen molar-refractivity contribution in [3.63, 3.8) is 0 Å². The first-order valence-corrected chi connectivity index (χ1v) is 12.3. The third kappa shape index (κ3) is 5.51. The van der Waals surface area contributed by atoms with Crippen molar-refractivity contribution in [1.29, 1.82) is 0 Å². The number of hydrogen-bond acceptors (Lipinski definition) is 4. The van der Waals surface area contributed by atoms with Gasteiger partial charge in [0.25, 0.3) is 0 Å². The van der Waals surface area contributed by atoms with E-state index in [-0.39, 0.29) is 12.4 Å². The highest BCUT2D eigenvalue weighted by Crippen LogP contribution is 2.40. The number of benzene rings is 3. The molecule has 2 aliphatic heterocycles. The first-order chi connectivity index (χ1) is 16.3. The Morgan fingerprint density at radius 3 is 2.50 bits per heavy atom. The van der Waals surface area contributed by atoms with Crippen LogP contribution in [0.15, 0.2) is 72.8 Å². The van der Waals surface area contributed by atoms with Crippen molar-refractivity contribution in [3.05, 3.63) is 83.9 Å². The van der Waals surface area contributed by atoms with Crippen LogP contribution in [0, 0.1) is 0 Å². The second-order valence-corrected chi connectivity index (χ2v) is 9.13. The summed E-state index contributed by atoms with van der Waals surface area (Å²) in [6.45, 7) is 3.96. The molecule has 1 fully saturated rings. The molecule has 0 bridgehead atoms. The fourth-order valence-corrected chi connectivity index (χ4v) is 5.23. The van der Waals surface area contributed by atoms with E-state index < -0.39 is 0 Å². The SMILES string of the molecule is COc1ccc(CCCN2CCCCC2CN2c3ccccc3COc3ccccc32)cc1.Cl. The number of rotatable bonds is 7. The Labute approximate surface area is 209 Å². The van der Waals surface area contributed by atoms with Crippen LogP contribution in [0.1, 0.15) is 36.8 Å². The van der Waals surface area contributed by atoms with Gasteiger partial charge >= 0.3 is 0 Å². The van der Waals surface area contributed by atoms with E-state index in [1.165, 1.54) is 54.7 Å². The van der Waals surface area contributed by atoms with E-state index in [4.69, 9.17) is 9.47 Å². The maximum Gasteiger partial charge on any atom is 0.143 e. The maximum absolute atomic E-state index is 6.19. The standard InChI is InChI=1S/C29H34N2O2.ClH/c1-32-26-17-15-23(16-18-26)9-8-20-30-19-7-6-11-25(30)21-31-27-12-3-2-10-24(27)22-33-29-14-5-4-13-28(29)31;/h2-5,10,12-18,25H,6-9,11,19-22H2,1H3;1H. The number of likely N-dealkylation sites (tertiary alicyclic amines) is 1. The Morgan fingerprint density at radius 1 is 0.912 bits per heavy atom. The van der Waals surface area contributed by atoms with Crippen LogP contribution in [0.2, 0.25) is 0 Å². The average Bonchev–Trinajstić information content (AvgIpc) is 3.03. The van der Waals surface area contributed by atoms with Crippen LogP contribution in [0.25, 0.3) is 0 Å². The molecular formula is C29H35ClN2O2. The van der Waals surface area contributed by atoms with Gasteiger partial charge < -0.3 is 14.4 Å². The number of para-hydroxylation sites is 3. The number of fused-ring (bicyclic) bond motifs is 2. The summed E-state index contributed by atoms with van der Waals surface area (Å²) in [7, 11) is 1.72. The second-order valence-electron chi connectivity index (χ2n) is 9.13. The minimum Gasteiger partial charge on any atom is -0.497 e. The molecule has 3 aromatic rings. The summed E-state index contributed by atoms with van der Waals surface area (Å²) in [5.74, 6) is 1.91. The Hall–Kier alpha value is -2.69. The normalized spacial score (nSPS) is 17.6. The molecule has 4 nitrogen and oxygen atoms in total. The number of ether oxygens (including phenoxy) is 2. The quantitative estimate of drug-likeness (QED) is 0.380. The summed E-state index contributed by atoms with van der Waals surface area (Å²) < 4.78 is 11.5. The van der Waals surface area contributed by atoms with Crippen LogP contribution < -0.4 is 14.4 Å². The van der Waals surface area contributed by atoms with Gasteiger partial charge in [-0.15, -0.1) is 12.4 Å². The first kappa shape index (κ1) is 24.4. The number of aryl methyl sites for hydroxylation is 1. The molecular weight excluding hydrogens is 444 g/mol. The first-order valence-electron chi connectivity index (χ1n) is 12.3. The van der Waals surface area contributed by atoms with E-state index in [9.17, 15) is 0 Å². The van der Waals surface area contributed by atoms with Gasteiger partial charge in [0, 0.05) is 23.8 Å². The smallest absolute Gasteiger partial charge is 0.143 e. The number of nitrogens with zero attached hydrogens (tertiary/aromatic N) is 2. The molecule has 0 spiro atoms. The molecule has 0 aliphatic carbocycles. The van der Waals surface area contributed by atoms with Crippen molar-refractivity contribution in [3.8, 4) is 11.5 Å². The molecule has 5 heteroatoms. The molecule has 3 aromatic carbocycles. The highest BCUT2D eigenvalue weighted by molar-refractivity contribution is 5.85. The Morgan fingerprint density at radius 2 is 1.68 bits per heavy atom. The van der Waals surface area contributed by atoms with E-state index in [1.54, 1.807) is 7.11 Å². The van der Waals surface area contributed by atoms with Gasteiger partial charge in [-0.2, -0.15) is 0 Å². The minimum atomic E-state index is 0. The van der Waals surface area contributed by atoms with E-state index >= 15 is 0 Å². The molecule has 1 unspecified atom stereocenters. The molecule has 0 saturated carbocycles. The lowest BCUT2D eigenvalue weighted by molar-refractivity contribution is 0.151. The fourth-order valence-electron chi connectivity index (χ4n) is 5.23. The van der Waals surface area contributed by atoms with Gasteiger partial charge in [-0.1, -0.05) is 48.9 Å². The van der Waals surface area contributed by atoms with E-state index in [1.807, 2.05) is 0 Å². The second kappa shape index (κ2) is 11.6. The van der Waals surface area contributed by atoms with Gasteiger partial charge in [-0.3, -0.25) is 4.90 Å². The van der Waals surface area contributed by atoms with Crippen LogP contribution in [-0.2, 0) is 13.0 Å². The van der Waals surface area contributed by atoms with Gasteiger partial charge in [0.1, 0.15) is 18.1 Å². The fraction of sp³-hybridized carbons (Fsp3) is 0.379. The zero-order valence-corrected chi connectivity index (χ0v) is 20.8. The van der Waals surface area contributed by atoms with Crippen molar-refractivity contribution < 1.29 is 9.47 Å². The largest absolute Gasteiger partial charge is 0.497 e. The summed E-state index contributed by atoms with van der Waals surface area (Å²) in [6, 6.07) is 26.3. The summed E-state index contributed by atoms with van der Waals surface area (Å²) in [5, 5.41) is 0. The molecule has 2 aliphatic rings. The number of hydrogen-bond donors (Lipinski definition) is 0. The minimum absolute atomic E-state index is 0. The summed E-state index contributed by atoms with van der Waals surface area (Å²) in [5.41, 5.74) is 5.12. The highest BCUT2D eigenvalue weighted by atomic mass is 35.5. The molecule has 5 rings (SSSR count). The van der Waals surface area contributed by atoms with E-state index in [0.717, 1.165) is 31.0 Å². The van der Waals surface area contributed by atoms with Crippen molar-refractivity contribution in [1.82, 2.24) is 4.90 Å². The lowest BCUT2D eigenvalue weighted by Crippen LogP contribution is -2.46. The molecule has 0 N–H and O–H groups in total. The lowest BCUT2D eigenvalue weighted by atomic mass is 9.99. The van der Waals surface area contributed by atoms with Crippen LogP contribution >= 0.6 is 12.4 Å². The molecule has 0 radical (unpaired) electrons. The van der Waals surface area contributed by atoms with Gasteiger partial charge in [-0.05, 0) is 74.7 Å². The highest BCUT2D eigenvalue weighted by Gasteiger charge is 2.28. The molecule has 180 valence electrons. The summed E-state index contributed by atoms with van der Waals surface area (Å²) in [4.78, 5) is 5.23. The molecule has 34 heavy (non-hydrogen) atoms. The zero-order chi connectivity index (χ0) is 22.5. The van der Waals surface area contributed by atoms with Crippen LogP contribution in [0.3, 0.4) is 0 Å². The van der Waals surface area contributed by atoms with Crippen molar-refractivity contribution in [2.75, 3.05) is 31.6 Å². The van der Waals surface area contributed by atoms with Crippen LogP contribution in [0.5, 0.6) is 11.5 Å². The topological polar surface area (TPSA) is 24.9 Å². The predicted molar refractivity (Wildman–Crippen MR) is 142 cm³/mol. The van der Waals surface area contributed by atoms with Crippen LogP contribution in [0.4, 0.5) is 11.4 Å². The van der Waals surface area contributed by atoms with Gasteiger partial charge in [0.05, 0.1) is 12.8 Å². The Balaban J connectivity index is 0.00000274. The van der Waals surface area contributed by atoms with Crippen molar-refractivity contribution in [2.24, 2.45) is 0 Å². The molecule has 1 atom stereocenters. The Kier molecular flexibility index (Phi) is 8.36. The van der Waals surface area contributed by atoms with E-state index in [0.29, 0.717) is 12.6 Å². The molecule has 2 heterocycles. The Bertz CT molecular complexity index is 1010. The molecule has 0 amide bonds. The van der Waals surface area contributed by atoms with Crippen molar-refractivity contribution >= 4 is 23.8 Å². The third-order valence-electron chi connectivity index (χ3n) is 7.03. The van der Waals surface area contributed by atoms with E-state index in [2.05, 4.69) is 82.6 Å². The molecule has 1 saturated heterocycles. The number of piperidine rings is 1. The zero-order valence-electron chi connectivity index (χ0n) is 20.0. The number of anilines is 2. The van der Waals surface area contributed by atoms with Gasteiger partial charge in [-0.25, -0.2) is 0 Å².